The lowest BCUT2D eigenvalue weighted by atomic mass is 10.1. The zero-order chi connectivity index (χ0) is 26.1. The minimum absolute atomic E-state index is 0.0618. The molecule has 1 aliphatic heterocycles. The molecule has 14 heteroatoms. The smallest absolute Gasteiger partial charge is 0.421 e. The van der Waals surface area contributed by atoms with Crippen LogP contribution in [0.25, 0.3) is 0 Å². The highest BCUT2D eigenvalue weighted by Crippen LogP contribution is 2.29. The van der Waals surface area contributed by atoms with Gasteiger partial charge in [0.15, 0.2) is 0 Å². The maximum Gasteiger partial charge on any atom is 0.421 e. The quantitative estimate of drug-likeness (QED) is 0.632. The minimum atomic E-state index is -4.81. The van der Waals surface area contributed by atoms with Crippen molar-refractivity contribution in [3.8, 4) is 0 Å². The van der Waals surface area contributed by atoms with E-state index in [0.717, 1.165) is 12.3 Å². The lowest BCUT2D eigenvalue weighted by molar-refractivity contribution is -0.139. The van der Waals surface area contributed by atoms with E-state index < -0.39 is 53.3 Å². The summed E-state index contributed by atoms with van der Waals surface area (Å²) in [6, 6.07) is -0.124. The third-order valence-electron chi connectivity index (χ3n) is 5.47. The summed E-state index contributed by atoms with van der Waals surface area (Å²) in [5, 5.41) is 0. The number of nitrogens with zero attached hydrogens (tertiary/aromatic N) is 4. The van der Waals surface area contributed by atoms with Crippen LogP contribution in [-0.4, -0.2) is 57.2 Å². The van der Waals surface area contributed by atoms with E-state index in [4.69, 9.17) is 4.74 Å². The zero-order valence-corrected chi connectivity index (χ0v) is 18.9. The number of amides is 1. The Morgan fingerprint density at radius 2 is 1.69 bits per heavy atom. The molecular weight excluding hydrogens is 484 g/mol. The molecule has 1 fully saturated rings. The molecule has 3 atom stereocenters. The first-order chi connectivity index (χ1) is 16.2. The second kappa shape index (κ2) is 9.74. The molecule has 0 aliphatic carbocycles. The Hall–Kier alpha value is -3.32. The molecule has 2 aromatic heterocycles. The Balaban J connectivity index is 1.63. The summed E-state index contributed by atoms with van der Waals surface area (Å²) in [6.07, 6.45) is -8.39. The average molecular weight is 507 g/mol. The largest absolute Gasteiger partial charge is 0.446 e. The molecule has 0 spiro atoms. The van der Waals surface area contributed by atoms with Gasteiger partial charge < -0.3 is 14.6 Å². The third kappa shape index (κ3) is 6.22. The summed E-state index contributed by atoms with van der Waals surface area (Å²) in [7, 11) is 0. The van der Waals surface area contributed by atoms with Gasteiger partial charge in [-0.15, -0.1) is 0 Å². The fourth-order valence-corrected chi connectivity index (χ4v) is 3.94. The Labute approximate surface area is 195 Å². The molecule has 3 rings (SSSR count). The van der Waals surface area contributed by atoms with E-state index in [0.29, 0.717) is 12.4 Å². The Kier molecular flexibility index (Phi) is 7.31. The van der Waals surface area contributed by atoms with E-state index >= 15 is 0 Å². The van der Waals surface area contributed by atoms with Crippen LogP contribution in [-0.2, 0) is 23.5 Å². The van der Waals surface area contributed by atoms with E-state index in [9.17, 15) is 35.9 Å². The number of alkyl halides is 6. The number of aromatic nitrogens is 3. The molecule has 192 valence electrons. The number of aromatic amines is 1. The number of H-pyrrole nitrogens is 1. The van der Waals surface area contributed by atoms with E-state index in [2.05, 4.69) is 9.97 Å². The van der Waals surface area contributed by atoms with Crippen LogP contribution in [0.4, 0.5) is 37.1 Å². The van der Waals surface area contributed by atoms with Crippen molar-refractivity contribution < 1.29 is 35.9 Å². The topological polar surface area (TPSA) is 91.4 Å². The minimum Gasteiger partial charge on any atom is -0.446 e. The summed E-state index contributed by atoms with van der Waals surface area (Å²) in [5.41, 5.74) is -3.42. The van der Waals surface area contributed by atoms with Crippen LogP contribution in [0.5, 0.6) is 0 Å². The normalized spacial score (nSPS) is 20.0. The Morgan fingerprint density at radius 3 is 2.20 bits per heavy atom. The van der Waals surface area contributed by atoms with Gasteiger partial charge in [0.05, 0.1) is 17.6 Å². The first-order valence-electron chi connectivity index (χ1n) is 10.6. The molecule has 0 saturated carbocycles. The van der Waals surface area contributed by atoms with E-state index in [1.54, 1.807) is 18.7 Å². The predicted molar refractivity (Wildman–Crippen MR) is 112 cm³/mol. The number of hydrogen-bond donors (Lipinski definition) is 1. The number of rotatable bonds is 4. The number of pyridine rings is 1. The van der Waals surface area contributed by atoms with Crippen molar-refractivity contribution in [2.75, 3.05) is 18.0 Å². The monoisotopic (exact) mass is 507 g/mol. The summed E-state index contributed by atoms with van der Waals surface area (Å²) in [6.45, 7) is 5.41. The first-order valence-corrected chi connectivity index (χ1v) is 10.6. The second-order valence-electron chi connectivity index (χ2n) is 8.43. The van der Waals surface area contributed by atoms with Gasteiger partial charge in [-0.25, -0.2) is 14.8 Å². The second-order valence-corrected chi connectivity index (χ2v) is 8.43. The number of hydrogen-bond acceptors (Lipinski definition) is 6. The average Bonchev–Trinajstić information content (AvgIpc) is 2.73. The number of anilines is 1. The van der Waals surface area contributed by atoms with E-state index in [-0.39, 0.29) is 31.0 Å². The lowest BCUT2D eigenvalue weighted by Crippen LogP contribution is -2.59. The summed E-state index contributed by atoms with van der Waals surface area (Å²) in [4.78, 5) is 36.9. The van der Waals surface area contributed by atoms with Gasteiger partial charge >= 0.3 is 18.4 Å². The van der Waals surface area contributed by atoms with Gasteiger partial charge in [0, 0.05) is 38.1 Å². The molecule has 1 aliphatic rings. The van der Waals surface area contributed by atoms with Crippen molar-refractivity contribution in [3.63, 3.8) is 0 Å². The molecular formula is C21H23F6N5O3. The number of piperazine rings is 1. The zero-order valence-electron chi connectivity index (χ0n) is 18.9. The van der Waals surface area contributed by atoms with Crippen LogP contribution in [0.2, 0.25) is 0 Å². The summed E-state index contributed by atoms with van der Waals surface area (Å²) < 4.78 is 82.5. The molecule has 0 unspecified atom stereocenters. The van der Waals surface area contributed by atoms with Crippen LogP contribution in [0.1, 0.15) is 37.5 Å². The van der Waals surface area contributed by atoms with Crippen LogP contribution < -0.4 is 10.5 Å². The molecule has 0 aromatic carbocycles. The SMILES string of the molecule is C[C@@H]1CN(c2ncc(C(F)(F)F)cn2)C[C@@H](C)N1C(=O)O[C@@H](C)Cc1c[nH]c(=O)c(C(F)(F)F)c1. The molecule has 1 N–H and O–H groups in total. The van der Waals surface area contributed by atoms with Crippen LogP contribution in [0.15, 0.2) is 29.5 Å². The number of carbonyl (C=O) groups excluding carboxylic acids is 1. The first kappa shape index (κ1) is 26.3. The van der Waals surface area contributed by atoms with Gasteiger partial charge in [-0.1, -0.05) is 0 Å². The van der Waals surface area contributed by atoms with Crippen molar-refractivity contribution in [1.29, 1.82) is 0 Å². The summed E-state index contributed by atoms with van der Waals surface area (Å²) >= 11 is 0. The molecule has 35 heavy (non-hydrogen) atoms. The maximum atomic E-state index is 13.0. The fourth-order valence-electron chi connectivity index (χ4n) is 3.94. The number of carbonyl (C=O) groups is 1. The Morgan fingerprint density at radius 1 is 1.11 bits per heavy atom. The van der Waals surface area contributed by atoms with Crippen LogP contribution in [0.3, 0.4) is 0 Å². The van der Waals surface area contributed by atoms with Gasteiger partial charge in [-0.3, -0.25) is 9.69 Å². The van der Waals surface area contributed by atoms with Gasteiger partial charge in [0.1, 0.15) is 11.7 Å². The van der Waals surface area contributed by atoms with Crippen molar-refractivity contribution in [3.05, 3.63) is 51.7 Å². The van der Waals surface area contributed by atoms with Gasteiger partial charge in [-0.05, 0) is 32.4 Å². The highest BCUT2D eigenvalue weighted by atomic mass is 19.4. The molecule has 3 heterocycles. The highest BCUT2D eigenvalue weighted by Gasteiger charge is 2.37. The molecule has 1 amide bonds. The van der Waals surface area contributed by atoms with Crippen molar-refractivity contribution in [1.82, 2.24) is 19.9 Å². The van der Waals surface area contributed by atoms with Gasteiger partial charge in [-0.2, -0.15) is 26.3 Å². The highest BCUT2D eigenvalue weighted by molar-refractivity contribution is 5.69. The molecule has 2 aromatic rings. The van der Waals surface area contributed by atoms with Crippen LogP contribution in [0, 0.1) is 0 Å². The standard InChI is InChI=1S/C21H23F6N5O3/c1-11-9-31(18-29-7-15(8-30-18)20(22,23)24)10-12(2)32(11)19(34)35-13(3)4-14-5-16(21(25,26)27)17(33)28-6-14/h5-8,11-13H,4,9-10H2,1-3H3,(H,28,33)/t11-,12-,13+/m1/s1. The maximum absolute atomic E-state index is 13.0. The fraction of sp³-hybridized carbons (Fsp3) is 0.524. The Bertz CT molecular complexity index is 1090. The summed E-state index contributed by atoms with van der Waals surface area (Å²) in [5.74, 6) is 0.0941. The van der Waals surface area contributed by atoms with E-state index in [1.165, 1.54) is 11.8 Å². The number of ether oxygens (including phenoxy) is 1. The van der Waals surface area contributed by atoms with Gasteiger partial charge in [0.2, 0.25) is 5.95 Å². The third-order valence-corrected chi connectivity index (χ3v) is 5.47. The van der Waals surface area contributed by atoms with Gasteiger partial charge in [0.25, 0.3) is 5.56 Å². The molecule has 0 bridgehead atoms. The van der Waals surface area contributed by atoms with Crippen molar-refractivity contribution >= 4 is 12.0 Å². The number of halogens is 6. The lowest BCUT2D eigenvalue weighted by Gasteiger charge is -2.43. The molecule has 1 saturated heterocycles. The van der Waals surface area contributed by atoms with E-state index in [1.807, 2.05) is 4.98 Å². The van der Waals surface area contributed by atoms with Crippen molar-refractivity contribution in [2.45, 2.75) is 57.7 Å². The predicted octanol–water partition coefficient (Wildman–Crippen LogP) is 3.87. The molecule has 0 radical (unpaired) electrons. The molecule has 8 nitrogen and oxygen atoms in total. The van der Waals surface area contributed by atoms with Crippen LogP contribution >= 0.6 is 0 Å². The number of nitrogens with one attached hydrogen (secondary N) is 1. The van der Waals surface area contributed by atoms with Crippen molar-refractivity contribution in [2.24, 2.45) is 0 Å².